The van der Waals surface area contributed by atoms with Gasteiger partial charge in [-0.05, 0) is 31.2 Å². The van der Waals surface area contributed by atoms with Crippen molar-refractivity contribution in [2.24, 2.45) is 5.92 Å². The number of halogens is 2. The second kappa shape index (κ2) is 7.62. The summed E-state index contributed by atoms with van der Waals surface area (Å²) in [6, 6.07) is 5.39. The summed E-state index contributed by atoms with van der Waals surface area (Å²) in [5, 5.41) is 7.12. The molecule has 1 aromatic carbocycles. The normalized spacial score (nSPS) is 12.2. The highest BCUT2D eigenvalue weighted by atomic mass is 35.5. The van der Waals surface area contributed by atoms with Crippen LogP contribution in [0.3, 0.4) is 0 Å². The van der Waals surface area contributed by atoms with Crippen molar-refractivity contribution in [2.75, 3.05) is 20.1 Å². The Hall–Kier alpha value is -0.770. The molecule has 0 aromatic heterocycles. The number of hydrogen-bond acceptors (Lipinski definition) is 2. The molecule has 0 heterocycles. The van der Waals surface area contributed by atoms with Crippen LogP contribution in [0.1, 0.15) is 12.5 Å². The first-order valence-electron chi connectivity index (χ1n) is 5.91. The first-order chi connectivity index (χ1) is 8.54. The maximum absolute atomic E-state index is 11.7. The lowest BCUT2D eigenvalue weighted by Crippen LogP contribution is -2.35. The summed E-state index contributed by atoms with van der Waals surface area (Å²) in [6.45, 7) is 3.14. The van der Waals surface area contributed by atoms with Crippen LogP contribution in [0.25, 0.3) is 0 Å². The Bertz CT molecular complexity index is 410. The van der Waals surface area contributed by atoms with E-state index in [2.05, 4.69) is 10.6 Å². The first kappa shape index (κ1) is 15.3. The van der Waals surface area contributed by atoms with Gasteiger partial charge in [0.15, 0.2) is 0 Å². The van der Waals surface area contributed by atoms with Crippen LogP contribution >= 0.6 is 23.2 Å². The van der Waals surface area contributed by atoms with Crippen LogP contribution in [0.5, 0.6) is 0 Å². The number of hydrogen-bond donors (Lipinski definition) is 2. The zero-order chi connectivity index (χ0) is 13.5. The molecule has 3 nitrogen and oxygen atoms in total. The highest BCUT2D eigenvalue weighted by Crippen LogP contribution is 2.20. The van der Waals surface area contributed by atoms with E-state index in [-0.39, 0.29) is 11.8 Å². The highest BCUT2D eigenvalue weighted by molar-refractivity contribution is 6.35. The lowest BCUT2D eigenvalue weighted by atomic mass is 10.1. The van der Waals surface area contributed by atoms with Crippen molar-refractivity contribution in [3.63, 3.8) is 0 Å². The van der Waals surface area contributed by atoms with Crippen LogP contribution in [0.4, 0.5) is 0 Å². The SMILES string of the molecule is CNCC(C)C(=O)NCCc1ccc(Cl)cc1Cl. The van der Waals surface area contributed by atoms with E-state index >= 15 is 0 Å². The average molecular weight is 289 g/mol. The Morgan fingerprint density at radius 2 is 2.11 bits per heavy atom. The molecule has 2 N–H and O–H groups in total. The van der Waals surface area contributed by atoms with Crippen LogP contribution in [0.2, 0.25) is 10.0 Å². The van der Waals surface area contributed by atoms with Gasteiger partial charge in [0.05, 0.1) is 0 Å². The molecule has 100 valence electrons. The fraction of sp³-hybridized carbons (Fsp3) is 0.462. The van der Waals surface area contributed by atoms with Gasteiger partial charge in [-0.2, -0.15) is 0 Å². The minimum absolute atomic E-state index is 0.0318. The second-order valence-electron chi connectivity index (χ2n) is 4.24. The molecule has 1 amide bonds. The van der Waals surface area contributed by atoms with Crippen molar-refractivity contribution in [3.8, 4) is 0 Å². The fourth-order valence-corrected chi connectivity index (χ4v) is 2.12. The molecule has 0 aliphatic carbocycles. The van der Waals surface area contributed by atoms with Gasteiger partial charge in [0.2, 0.25) is 5.91 Å². The van der Waals surface area contributed by atoms with Gasteiger partial charge >= 0.3 is 0 Å². The van der Waals surface area contributed by atoms with E-state index in [0.717, 1.165) is 5.56 Å². The van der Waals surface area contributed by atoms with Gasteiger partial charge in [0.25, 0.3) is 0 Å². The number of amides is 1. The van der Waals surface area contributed by atoms with Crippen LogP contribution in [0.15, 0.2) is 18.2 Å². The molecule has 0 aliphatic rings. The molecule has 5 heteroatoms. The standard InChI is InChI=1S/C13H18Cl2N2O/c1-9(8-16-2)13(18)17-6-5-10-3-4-11(14)7-12(10)15/h3-4,7,9,16H,5-6,8H2,1-2H3,(H,17,18). The molecule has 0 radical (unpaired) electrons. The van der Waals surface area contributed by atoms with Gasteiger partial charge < -0.3 is 10.6 Å². The molecule has 1 rings (SSSR count). The van der Waals surface area contributed by atoms with E-state index in [1.165, 1.54) is 0 Å². The van der Waals surface area contributed by atoms with Gasteiger partial charge in [-0.25, -0.2) is 0 Å². The van der Waals surface area contributed by atoms with Gasteiger partial charge in [0.1, 0.15) is 0 Å². The van der Waals surface area contributed by atoms with Crippen LogP contribution in [0, 0.1) is 5.92 Å². The maximum Gasteiger partial charge on any atom is 0.224 e. The summed E-state index contributed by atoms with van der Waals surface area (Å²) in [5.41, 5.74) is 0.989. The molecule has 1 atom stereocenters. The summed E-state index contributed by atoms with van der Waals surface area (Å²) >= 11 is 11.9. The Labute approximate surface area is 118 Å². The van der Waals surface area contributed by atoms with E-state index in [1.807, 2.05) is 20.0 Å². The van der Waals surface area contributed by atoms with E-state index in [0.29, 0.717) is 29.6 Å². The third-order valence-corrected chi connectivity index (χ3v) is 3.25. The van der Waals surface area contributed by atoms with Crippen molar-refractivity contribution < 1.29 is 4.79 Å². The summed E-state index contributed by atoms with van der Waals surface area (Å²) in [5.74, 6) is 0.0186. The zero-order valence-corrected chi connectivity index (χ0v) is 12.1. The minimum Gasteiger partial charge on any atom is -0.355 e. The molecule has 1 unspecified atom stereocenters. The predicted molar refractivity (Wildman–Crippen MR) is 76.3 cm³/mol. The third kappa shape index (κ3) is 4.84. The minimum atomic E-state index is -0.0318. The Morgan fingerprint density at radius 3 is 2.72 bits per heavy atom. The largest absolute Gasteiger partial charge is 0.355 e. The van der Waals surface area contributed by atoms with Crippen molar-refractivity contribution in [1.82, 2.24) is 10.6 Å². The van der Waals surface area contributed by atoms with E-state index < -0.39 is 0 Å². The summed E-state index contributed by atoms with van der Waals surface area (Å²) in [7, 11) is 1.83. The topological polar surface area (TPSA) is 41.1 Å². The van der Waals surface area contributed by atoms with E-state index in [4.69, 9.17) is 23.2 Å². The van der Waals surface area contributed by atoms with Gasteiger partial charge in [-0.3, -0.25) is 4.79 Å². The quantitative estimate of drug-likeness (QED) is 0.845. The number of carbonyl (C=O) groups is 1. The maximum atomic E-state index is 11.7. The second-order valence-corrected chi connectivity index (χ2v) is 5.08. The van der Waals surface area contributed by atoms with E-state index in [1.54, 1.807) is 12.1 Å². The Morgan fingerprint density at radius 1 is 1.39 bits per heavy atom. The predicted octanol–water partition coefficient (Wildman–Crippen LogP) is 2.51. The molecule has 0 spiro atoms. The van der Waals surface area contributed by atoms with Crippen molar-refractivity contribution in [2.45, 2.75) is 13.3 Å². The Balaban J connectivity index is 2.39. The number of benzene rings is 1. The molecule has 0 saturated carbocycles. The molecular formula is C13H18Cl2N2O. The van der Waals surface area contributed by atoms with Crippen molar-refractivity contribution in [3.05, 3.63) is 33.8 Å². The third-order valence-electron chi connectivity index (χ3n) is 2.67. The van der Waals surface area contributed by atoms with Crippen LogP contribution in [-0.2, 0) is 11.2 Å². The molecule has 0 aliphatic heterocycles. The lowest BCUT2D eigenvalue weighted by Gasteiger charge is -2.12. The average Bonchev–Trinajstić information content (AvgIpc) is 2.32. The Kier molecular flexibility index (Phi) is 6.47. The number of rotatable bonds is 6. The first-order valence-corrected chi connectivity index (χ1v) is 6.66. The highest BCUT2D eigenvalue weighted by Gasteiger charge is 2.11. The molecule has 0 fully saturated rings. The van der Waals surface area contributed by atoms with Crippen molar-refractivity contribution in [1.29, 1.82) is 0 Å². The van der Waals surface area contributed by atoms with Gasteiger partial charge in [-0.1, -0.05) is 36.2 Å². The van der Waals surface area contributed by atoms with Crippen LogP contribution in [-0.4, -0.2) is 26.0 Å². The molecular weight excluding hydrogens is 271 g/mol. The van der Waals surface area contributed by atoms with Gasteiger partial charge in [-0.15, -0.1) is 0 Å². The fourth-order valence-electron chi connectivity index (χ4n) is 1.62. The summed E-state index contributed by atoms with van der Waals surface area (Å²) in [4.78, 5) is 11.7. The summed E-state index contributed by atoms with van der Waals surface area (Å²) in [6.07, 6.45) is 0.702. The zero-order valence-electron chi connectivity index (χ0n) is 10.6. The number of carbonyl (C=O) groups excluding carboxylic acids is 1. The molecule has 0 bridgehead atoms. The lowest BCUT2D eigenvalue weighted by molar-refractivity contribution is -0.124. The van der Waals surface area contributed by atoms with Crippen LogP contribution < -0.4 is 10.6 Å². The molecule has 18 heavy (non-hydrogen) atoms. The molecule has 1 aromatic rings. The smallest absolute Gasteiger partial charge is 0.224 e. The number of nitrogens with one attached hydrogen (secondary N) is 2. The van der Waals surface area contributed by atoms with Gasteiger partial charge in [0, 0.05) is 29.1 Å². The summed E-state index contributed by atoms with van der Waals surface area (Å²) < 4.78 is 0. The van der Waals surface area contributed by atoms with Crippen molar-refractivity contribution >= 4 is 29.1 Å². The monoisotopic (exact) mass is 288 g/mol. The van der Waals surface area contributed by atoms with E-state index in [9.17, 15) is 4.79 Å². The molecule has 0 saturated heterocycles.